The minimum atomic E-state index is -4.08. The van der Waals surface area contributed by atoms with E-state index in [1.54, 1.807) is 0 Å². The molecule has 1 aliphatic rings. The van der Waals surface area contributed by atoms with Gasteiger partial charge in [0.05, 0.1) is 6.54 Å². The Labute approximate surface area is 69.5 Å². The van der Waals surface area contributed by atoms with Gasteiger partial charge in [-0.05, 0) is 19.4 Å². The van der Waals surface area contributed by atoms with Crippen molar-refractivity contribution in [3.05, 3.63) is 0 Å². The van der Waals surface area contributed by atoms with Crippen molar-refractivity contribution in [1.29, 1.82) is 0 Å². The van der Waals surface area contributed by atoms with E-state index in [1.807, 2.05) is 0 Å². The van der Waals surface area contributed by atoms with Crippen molar-refractivity contribution in [1.82, 2.24) is 10.6 Å². The Hall–Kier alpha value is -0.290. The molecule has 2 nitrogen and oxygen atoms in total. The van der Waals surface area contributed by atoms with Crippen LogP contribution in [0.3, 0.4) is 0 Å². The third kappa shape index (κ3) is 3.92. The Morgan fingerprint density at radius 1 is 1.42 bits per heavy atom. The standard InChI is InChI=1S/C7H13F3N2/c8-7(9,10)5-11-4-6-2-1-3-12-6/h6,11-12H,1-5H2. The van der Waals surface area contributed by atoms with Crippen LogP contribution >= 0.6 is 0 Å². The molecule has 1 unspecified atom stereocenters. The molecule has 72 valence electrons. The van der Waals surface area contributed by atoms with Gasteiger partial charge in [-0.1, -0.05) is 0 Å². The van der Waals surface area contributed by atoms with E-state index in [2.05, 4.69) is 10.6 Å². The van der Waals surface area contributed by atoms with E-state index in [9.17, 15) is 13.2 Å². The normalized spacial score (nSPS) is 24.8. The number of nitrogens with one attached hydrogen (secondary N) is 2. The number of halogens is 3. The quantitative estimate of drug-likeness (QED) is 0.677. The van der Waals surface area contributed by atoms with Crippen LogP contribution in [0.2, 0.25) is 0 Å². The zero-order chi connectivity index (χ0) is 9.03. The van der Waals surface area contributed by atoms with E-state index in [0.29, 0.717) is 6.54 Å². The monoisotopic (exact) mass is 182 g/mol. The van der Waals surface area contributed by atoms with Crippen molar-refractivity contribution in [2.45, 2.75) is 25.1 Å². The Kier molecular flexibility index (Phi) is 3.34. The van der Waals surface area contributed by atoms with Crippen molar-refractivity contribution in [3.8, 4) is 0 Å². The van der Waals surface area contributed by atoms with Gasteiger partial charge in [0.2, 0.25) is 0 Å². The zero-order valence-corrected chi connectivity index (χ0v) is 6.75. The van der Waals surface area contributed by atoms with E-state index < -0.39 is 12.7 Å². The van der Waals surface area contributed by atoms with E-state index in [0.717, 1.165) is 19.4 Å². The third-order valence-electron chi connectivity index (χ3n) is 1.88. The highest BCUT2D eigenvalue weighted by atomic mass is 19.4. The van der Waals surface area contributed by atoms with Crippen molar-refractivity contribution >= 4 is 0 Å². The van der Waals surface area contributed by atoms with E-state index in [1.165, 1.54) is 0 Å². The molecule has 0 aromatic carbocycles. The summed E-state index contributed by atoms with van der Waals surface area (Å²) in [5.74, 6) is 0. The summed E-state index contributed by atoms with van der Waals surface area (Å²) in [6, 6.07) is 0.229. The summed E-state index contributed by atoms with van der Waals surface area (Å²) in [5, 5.41) is 5.49. The van der Waals surface area contributed by atoms with Gasteiger partial charge in [0.15, 0.2) is 0 Å². The van der Waals surface area contributed by atoms with Gasteiger partial charge in [0.25, 0.3) is 0 Å². The Balaban J connectivity index is 2.02. The average Bonchev–Trinajstić information content (AvgIpc) is 2.36. The van der Waals surface area contributed by atoms with Crippen LogP contribution in [0.4, 0.5) is 13.2 Å². The Morgan fingerprint density at radius 3 is 2.67 bits per heavy atom. The van der Waals surface area contributed by atoms with Crippen molar-refractivity contribution in [2.75, 3.05) is 19.6 Å². The second-order valence-electron chi connectivity index (χ2n) is 3.04. The molecule has 1 saturated heterocycles. The van der Waals surface area contributed by atoms with Crippen molar-refractivity contribution < 1.29 is 13.2 Å². The molecule has 5 heteroatoms. The summed E-state index contributed by atoms with van der Waals surface area (Å²) in [4.78, 5) is 0. The Bertz CT molecular complexity index is 129. The number of alkyl halides is 3. The van der Waals surface area contributed by atoms with Crippen molar-refractivity contribution in [2.24, 2.45) is 0 Å². The molecular weight excluding hydrogens is 169 g/mol. The van der Waals surface area contributed by atoms with Crippen LogP contribution in [0.5, 0.6) is 0 Å². The minimum Gasteiger partial charge on any atom is -0.313 e. The van der Waals surface area contributed by atoms with Gasteiger partial charge in [-0.3, -0.25) is 0 Å². The fraction of sp³-hybridized carbons (Fsp3) is 1.00. The van der Waals surface area contributed by atoms with E-state index in [4.69, 9.17) is 0 Å². The molecule has 12 heavy (non-hydrogen) atoms. The molecule has 0 spiro atoms. The highest BCUT2D eigenvalue weighted by Gasteiger charge is 2.26. The number of rotatable bonds is 3. The molecule has 0 saturated carbocycles. The van der Waals surface area contributed by atoms with Gasteiger partial charge in [-0.15, -0.1) is 0 Å². The van der Waals surface area contributed by atoms with Gasteiger partial charge in [0.1, 0.15) is 0 Å². The SMILES string of the molecule is FC(F)(F)CNCC1CCCN1. The minimum absolute atomic E-state index is 0.229. The first-order valence-electron chi connectivity index (χ1n) is 4.09. The first-order chi connectivity index (χ1) is 5.58. The third-order valence-corrected chi connectivity index (χ3v) is 1.88. The lowest BCUT2D eigenvalue weighted by molar-refractivity contribution is -0.124. The summed E-state index contributed by atoms with van der Waals surface area (Å²) in [6.45, 7) is 0.461. The average molecular weight is 182 g/mol. The highest BCUT2D eigenvalue weighted by Crippen LogP contribution is 2.12. The Morgan fingerprint density at radius 2 is 2.17 bits per heavy atom. The summed E-state index contributed by atoms with van der Waals surface area (Å²) in [5.41, 5.74) is 0. The van der Waals surface area contributed by atoms with E-state index in [-0.39, 0.29) is 6.04 Å². The zero-order valence-electron chi connectivity index (χ0n) is 6.75. The molecule has 0 amide bonds. The molecular formula is C7H13F3N2. The maximum Gasteiger partial charge on any atom is 0.401 e. The molecule has 1 aliphatic heterocycles. The maximum atomic E-state index is 11.6. The lowest BCUT2D eigenvalue weighted by atomic mass is 10.2. The molecule has 0 radical (unpaired) electrons. The number of hydrogen-bond acceptors (Lipinski definition) is 2. The second kappa shape index (κ2) is 4.09. The van der Waals surface area contributed by atoms with Crippen LogP contribution in [0.25, 0.3) is 0 Å². The molecule has 1 atom stereocenters. The van der Waals surface area contributed by atoms with Crippen molar-refractivity contribution in [3.63, 3.8) is 0 Å². The fourth-order valence-corrected chi connectivity index (χ4v) is 1.32. The molecule has 2 N–H and O–H groups in total. The molecule has 0 aromatic rings. The van der Waals surface area contributed by atoms with Crippen LogP contribution in [0, 0.1) is 0 Å². The van der Waals surface area contributed by atoms with E-state index >= 15 is 0 Å². The van der Waals surface area contributed by atoms with Crippen LogP contribution in [0.1, 0.15) is 12.8 Å². The van der Waals surface area contributed by atoms with Gasteiger partial charge in [0, 0.05) is 12.6 Å². The molecule has 1 fully saturated rings. The smallest absolute Gasteiger partial charge is 0.313 e. The first kappa shape index (κ1) is 9.80. The maximum absolute atomic E-state index is 11.6. The molecule has 0 aliphatic carbocycles. The highest BCUT2D eigenvalue weighted by molar-refractivity contribution is 4.76. The second-order valence-corrected chi connectivity index (χ2v) is 3.04. The van der Waals surface area contributed by atoms with Crippen LogP contribution in [0.15, 0.2) is 0 Å². The van der Waals surface area contributed by atoms with Gasteiger partial charge >= 0.3 is 6.18 Å². The first-order valence-corrected chi connectivity index (χ1v) is 4.09. The lowest BCUT2D eigenvalue weighted by Crippen LogP contribution is -2.38. The van der Waals surface area contributed by atoms with Crippen LogP contribution < -0.4 is 10.6 Å². The molecule has 1 rings (SSSR count). The number of hydrogen-bond donors (Lipinski definition) is 2. The predicted molar refractivity (Wildman–Crippen MR) is 39.9 cm³/mol. The van der Waals surface area contributed by atoms with Gasteiger partial charge < -0.3 is 10.6 Å². The van der Waals surface area contributed by atoms with Crippen LogP contribution in [-0.4, -0.2) is 31.9 Å². The molecule has 1 heterocycles. The van der Waals surface area contributed by atoms with Gasteiger partial charge in [-0.2, -0.15) is 13.2 Å². The summed E-state index contributed by atoms with van der Waals surface area (Å²) in [7, 11) is 0. The molecule has 0 aromatic heterocycles. The lowest BCUT2D eigenvalue weighted by Gasteiger charge is -2.12. The summed E-state index contributed by atoms with van der Waals surface area (Å²) in [6.07, 6.45) is -2.04. The summed E-state index contributed by atoms with van der Waals surface area (Å²) < 4.78 is 34.9. The van der Waals surface area contributed by atoms with Gasteiger partial charge in [-0.25, -0.2) is 0 Å². The summed E-state index contributed by atoms with van der Waals surface area (Å²) >= 11 is 0. The fourth-order valence-electron chi connectivity index (χ4n) is 1.32. The predicted octanol–water partition coefficient (Wildman–Crippen LogP) is 0.890. The largest absolute Gasteiger partial charge is 0.401 e. The van der Waals surface area contributed by atoms with Crippen LogP contribution in [-0.2, 0) is 0 Å². The topological polar surface area (TPSA) is 24.1 Å². The molecule has 0 bridgehead atoms.